The van der Waals surface area contributed by atoms with Crippen LogP contribution in [-0.4, -0.2) is 28.1 Å². The Kier molecular flexibility index (Phi) is 5.94. The van der Waals surface area contributed by atoms with Crippen LogP contribution in [0, 0.1) is 0 Å². The molecule has 3 rings (SSSR count). The fourth-order valence-electron chi connectivity index (χ4n) is 2.75. The van der Waals surface area contributed by atoms with E-state index in [0.717, 1.165) is 0 Å². The summed E-state index contributed by atoms with van der Waals surface area (Å²) in [5.41, 5.74) is 12.8. The van der Waals surface area contributed by atoms with E-state index < -0.39 is 5.91 Å². The summed E-state index contributed by atoms with van der Waals surface area (Å²) in [6.07, 6.45) is 1.17. The van der Waals surface area contributed by atoms with Crippen LogP contribution in [0.5, 0.6) is 11.5 Å². The molecule has 0 spiro atoms. The Morgan fingerprint density at radius 3 is 2.38 bits per heavy atom. The summed E-state index contributed by atoms with van der Waals surface area (Å²) in [4.78, 5) is 23.2. The van der Waals surface area contributed by atoms with Gasteiger partial charge in [-0.05, 0) is 42.5 Å². The number of nitrogen functional groups attached to an aromatic ring is 1. The van der Waals surface area contributed by atoms with E-state index in [1.54, 1.807) is 24.3 Å². The van der Waals surface area contributed by atoms with Gasteiger partial charge in [0.2, 0.25) is 5.91 Å². The number of nitrogens with two attached hydrogens (primary N) is 2. The second-order valence-electron chi connectivity index (χ2n) is 6.13. The Morgan fingerprint density at radius 1 is 1.10 bits per heavy atom. The van der Waals surface area contributed by atoms with Crippen LogP contribution in [0.1, 0.15) is 10.4 Å². The zero-order chi connectivity index (χ0) is 20.8. The number of para-hydroxylation sites is 1. The van der Waals surface area contributed by atoms with E-state index in [-0.39, 0.29) is 30.4 Å². The van der Waals surface area contributed by atoms with Crippen molar-refractivity contribution in [1.82, 2.24) is 15.1 Å². The van der Waals surface area contributed by atoms with Crippen molar-refractivity contribution < 1.29 is 14.3 Å². The molecule has 8 nitrogen and oxygen atoms in total. The van der Waals surface area contributed by atoms with Gasteiger partial charge in [-0.2, -0.15) is 5.10 Å². The van der Waals surface area contributed by atoms with E-state index >= 15 is 0 Å². The van der Waals surface area contributed by atoms with Crippen LogP contribution >= 0.6 is 0 Å². The van der Waals surface area contributed by atoms with E-state index in [9.17, 15) is 9.59 Å². The summed E-state index contributed by atoms with van der Waals surface area (Å²) in [5, 5.41) is 7.04. The van der Waals surface area contributed by atoms with Crippen LogP contribution in [0.3, 0.4) is 0 Å². The first kappa shape index (κ1) is 19.7. The molecule has 29 heavy (non-hydrogen) atoms. The highest BCUT2D eigenvalue weighted by Crippen LogP contribution is 2.29. The number of aromatic nitrogens is 2. The van der Waals surface area contributed by atoms with Crippen molar-refractivity contribution in [3.8, 4) is 22.8 Å². The third-order valence-corrected chi connectivity index (χ3v) is 4.15. The Labute approximate surface area is 167 Å². The topological polar surface area (TPSA) is 125 Å². The number of primary amides is 1. The van der Waals surface area contributed by atoms with Crippen molar-refractivity contribution in [2.45, 2.75) is 6.54 Å². The normalized spacial score (nSPS) is 10.3. The van der Waals surface area contributed by atoms with Crippen LogP contribution < -0.4 is 21.5 Å². The first-order chi connectivity index (χ1) is 14.0. The smallest absolute Gasteiger partial charge is 0.254 e. The van der Waals surface area contributed by atoms with Gasteiger partial charge in [-0.3, -0.25) is 9.59 Å². The Balaban J connectivity index is 1.83. The van der Waals surface area contributed by atoms with E-state index in [1.165, 1.54) is 10.8 Å². The third kappa shape index (κ3) is 4.62. The molecule has 0 saturated heterocycles. The Morgan fingerprint density at radius 2 is 1.76 bits per heavy atom. The molecule has 0 aliphatic heterocycles. The van der Waals surface area contributed by atoms with Crippen LogP contribution in [0.4, 0.5) is 5.82 Å². The van der Waals surface area contributed by atoms with Crippen molar-refractivity contribution in [2.24, 2.45) is 5.73 Å². The Hall–Kier alpha value is -4.07. The molecular weight excluding hydrogens is 370 g/mol. The van der Waals surface area contributed by atoms with Gasteiger partial charge in [0, 0.05) is 12.1 Å². The van der Waals surface area contributed by atoms with E-state index in [4.69, 9.17) is 16.2 Å². The lowest BCUT2D eigenvalue weighted by atomic mass is 10.1. The summed E-state index contributed by atoms with van der Waals surface area (Å²) in [5.74, 6) is 0.516. The number of carbonyl (C=O) groups excluding carboxylic acids is 2. The molecule has 1 aromatic heterocycles. The van der Waals surface area contributed by atoms with Gasteiger partial charge in [0.15, 0.2) is 0 Å². The minimum atomic E-state index is -0.677. The predicted octanol–water partition coefficient (Wildman–Crippen LogP) is 2.33. The van der Waals surface area contributed by atoms with Crippen molar-refractivity contribution >= 4 is 17.6 Å². The molecular formula is C21H21N5O3. The summed E-state index contributed by atoms with van der Waals surface area (Å²) >= 11 is 0. The lowest BCUT2D eigenvalue weighted by Crippen LogP contribution is -2.26. The SMILES string of the molecule is C=CC(=O)NCCn1nc(-c2ccc(Oc3ccccc3)cc2)c(C(N)=O)c1N. The molecule has 8 heteroatoms. The van der Waals surface area contributed by atoms with Gasteiger partial charge in [-0.15, -0.1) is 0 Å². The molecule has 0 aliphatic rings. The maximum Gasteiger partial charge on any atom is 0.254 e. The molecule has 0 fully saturated rings. The largest absolute Gasteiger partial charge is 0.457 e. The number of rotatable bonds is 8. The van der Waals surface area contributed by atoms with Gasteiger partial charge in [-0.25, -0.2) is 4.68 Å². The van der Waals surface area contributed by atoms with Crippen LogP contribution in [0.2, 0.25) is 0 Å². The quantitative estimate of drug-likeness (QED) is 0.508. The van der Waals surface area contributed by atoms with Gasteiger partial charge in [0.1, 0.15) is 28.6 Å². The first-order valence-electron chi connectivity index (χ1n) is 8.89. The zero-order valence-corrected chi connectivity index (χ0v) is 15.7. The summed E-state index contributed by atoms with van der Waals surface area (Å²) in [7, 11) is 0. The van der Waals surface area contributed by atoms with E-state index in [0.29, 0.717) is 22.8 Å². The van der Waals surface area contributed by atoms with Gasteiger partial charge < -0.3 is 21.5 Å². The van der Waals surface area contributed by atoms with Gasteiger partial charge in [-0.1, -0.05) is 24.8 Å². The maximum atomic E-state index is 11.9. The highest BCUT2D eigenvalue weighted by Gasteiger charge is 2.21. The lowest BCUT2D eigenvalue weighted by molar-refractivity contribution is -0.116. The minimum absolute atomic E-state index is 0.136. The van der Waals surface area contributed by atoms with Crippen molar-refractivity contribution in [3.05, 3.63) is 72.8 Å². The molecule has 5 N–H and O–H groups in total. The molecule has 2 amide bonds. The molecule has 2 aromatic carbocycles. The molecule has 0 bridgehead atoms. The molecule has 148 valence electrons. The van der Waals surface area contributed by atoms with Crippen LogP contribution in [0.25, 0.3) is 11.3 Å². The zero-order valence-electron chi connectivity index (χ0n) is 15.7. The highest BCUT2D eigenvalue weighted by atomic mass is 16.5. The minimum Gasteiger partial charge on any atom is -0.457 e. The number of hydrogen-bond donors (Lipinski definition) is 3. The molecule has 0 atom stereocenters. The molecule has 0 unspecified atom stereocenters. The average Bonchev–Trinajstić information content (AvgIpc) is 3.05. The highest BCUT2D eigenvalue weighted by molar-refractivity contribution is 6.03. The van der Waals surface area contributed by atoms with Crippen LogP contribution in [-0.2, 0) is 11.3 Å². The number of benzene rings is 2. The number of nitrogens with one attached hydrogen (secondary N) is 1. The number of hydrogen-bond acceptors (Lipinski definition) is 5. The molecule has 0 radical (unpaired) electrons. The fourth-order valence-corrected chi connectivity index (χ4v) is 2.75. The predicted molar refractivity (Wildman–Crippen MR) is 110 cm³/mol. The number of carbonyl (C=O) groups is 2. The van der Waals surface area contributed by atoms with Crippen molar-refractivity contribution in [3.63, 3.8) is 0 Å². The summed E-state index contributed by atoms with van der Waals surface area (Å²) in [6, 6.07) is 16.5. The molecule has 0 aliphatic carbocycles. The van der Waals surface area contributed by atoms with Gasteiger partial charge >= 0.3 is 0 Å². The molecule has 0 saturated carbocycles. The maximum absolute atomic E-state index is 11.9. The standard InChI is InChI=1S/C21H21N5O3/c1-2-17(27)24-12-13-26-20(22)18(21(23)28)19(25-26)14-8-10-16(11-9-14)29-15-6-4-3-5-7-15/h2-11H,1,12-13,22H2,(H2,23,28)(H,24,27). The Bertz CT molecular complexity index is 1030. The fraction of sp³-hybridized carbons (Fsp3) is 0.0952. The number of amides is 2. The average molecular weight is 391 g/mol. The number of anilines is 1. The lowest BCUT2D eigenvalue weighted by Gasteiger charge is -2.06. The summed E-state index contributed by atoms with van der Waals surface area (Å²) in [6.45, 7) is 3.94. The second-order valence-corrected chi connectivity index (χ2v) is 6.13. The second kappa shape index (κ2) is 8.75. The third-order valence-electron chi connectivity index (χ3n) is 4.15. The van der Waals surface area contributed by atoms with Crippen LogP contribution in [0.15, 0.2) is 67.3 Å². The number of nitrogens with zero attached hydrogens (tertiary/aromatic N) is 2. The van der Waals surface area contributed by atoms with Crippen molar-refractivity contribution in [2.75, 3.05) is 12.3 Å². The summed E-state index contributed by atoms with van der Waals surface area (Å²) < 4.78 is 7.21. The van der Waals surface area contributed by atoms with Gasteiger partial charge in [0.25, 0.3) is 5.91 Å². The first-order valence-corrected chi connectivity index (χ1v) is 8.89. The van der Waals surface area contributed by atoms with Crippen molar-refractivity contribution in [1.29, 1.82) is 0 Å². The van der Waals surface area contributed by atoms with E-state index in [1.807, 2.05) is 30.3 Å². The number of ether oxygens (including phenoxy) is 1. The molecule has 1 heterocycles. The monoisotopic (exact) mass is 391 g/mol. The molecule has 3 aromatic rings. The van der Waals surface area contributed by atoms with Gasteiger partial charge in [0.05, 0.1) is 6.54 Å². The van der Waals surface area contributed by atoms with E-state index in [2.05, 4.69) is 17.0 Å².